The van der Waals surface area contributed by atoms with Crippen LogP contribution in [0.2, 0.25) is 0 Å². The van der Waals surface area contributed by atoms with E-state index in [9.17, 15) is 9.18 Å². The van der Waals surface area contributed by atoms with Crippen LogP contribution in [0.15, 0.2) is 22.7 Å². The van der Waals surface area contributed by atoms with Crippen molar-refractivity contribution in [2.75, 3.05) is 0 Å². The van der Waals surface area contributed by atoms with Gasteiger partial charge in [-0.25, -0.2) is 4.39 Å². The van der Waals surface area contributed by atoms with E-state index in [4.69, 9.17) is 18.0 Å². The standard InChI is InChI=1S/C13H14BrFN2OS/c14-10-7-8(15)3-4-9(10)11(18)17-13(12(16)19)5-1-2-6-13/h3-4,7H,1-2,5-6H2,(H2,16,19)(H,17,18). The second kappa shape index (κ2) is 5.54. The van der Waals surface area contributed by atoms with Crippen LogP contribution in [-0.2, 0) is 0 Å². The number of nitrogens with one attached hydrogen (secondary N) is 1. The number of hydrogen-bond acceptors (Lipinski definition) is 2. The average molecular weight is 345 g/mol. The van der Waals surface area contributed by atoms with Crippen molar-refractivity contribution in [3.05, 3.63) is 34.1 Å². The van der Waals surface area contributed by atoms with Gasteiger partial charge in [0.1, 0.15) is 5.82 Å². The summed E-state index contributed by atoms with van der Waals surface area (Å²) in [7, 11) is 0. The summed E-state index contributed by atoms with van der Waals surface area (Å²) in [4.78, 5) is 12.6. The summed E-state index contributed by atoms with van der Waals surface area (Å²) < 4.78 is 13.4. The van der Waals surface area contributed by atoms with Crippen molar-refractivity contribution in [1.29, 1.82) is 0 Å². The normalized spacial score (nSPS) is 17.2. The van der Waals surface area contributed by atoms with Crippen molar-refractivity contribution in [2.45, 2.75) is 31.2 Å². The Morgan fingerprint density at radius 3 is 2.58 bits per heavy atom. The van der Waals surface area contributed by atoms with Crippen LogP contribution in [0.25, 0.3) is 0 Å². The molecule has 6 heteroatoms. The van der Waals surface area contributed by atoms with Crippen LogP contribution in [0.3, 0.4) is 0 Å². The molecule has 2 rings (SSSR count). The minimum atomic E-state index is -0.597. The number of hydrogen-bond donors (Lipinski definition) is 2. The van der Waals surface area contributed by atoms with E-state index in [2.05, 4.69) is 21.2 Å². The van der Waals surface area contributed by atoms with E-state index in [0.29, 0.717) is 15.0 Å². The molecule has 0 spiro atoms. The monoisotopic (exact) mass is 344 g/mol. The summed E-state index contributed by atoms with van der Waals surface area (Å²) in [6.45, 7) is 0. The molecule has 0 aromatic heterocycles. The Morgan fingerprint density at radius 1 is 1.42 bits per heavy atom. The topological polar surface area (TPSA) is 55.1 Å². The summed E-state index contributed by atoms with van der Waals surface area (Å²) in [5, 5.41) is 2.91. The highest BCUT2D eigenvalue weighted by molar-refractivity contribution is 9.10. The van der Waals surface area contributed by atoms with Gasteiger partial charge in [-0.05, 0) is 47.0 Å². The zero-order chi connectivity index (χ0) is 14.0. The van der Waals surface area contributed by atoms with E-state index >= 15 is 0 Å². The number of rotatable bonds is 3. The molecule has 102 valence electrons. The molecule has 0 atom stereocenters. The number of carbonyl (C=O) groups excluding carboxylic acids is 1. The quantitative estimate of drug-likeness (QED) is 0.829. The first-order valence-corrected chi connectivity index (χ1v) is 7.22. The summed E-state index contributed by atoms with van der Waals surface area (Å²) in [5.74, 6) is -0.685. The molecule has 0 heterocycles. The van der Waals surface area contributed by atoms with Gasteiger partial charge in [0.05, 0.1) is 16.1 Å². The Labute approximate surface area is 124 Å². The zero-order valence-electron chi connectivity index (χ0n) is 10.2. The molecule has 0 unspecified atom stereocenters. The molecule has 0 aliphatic heterocycles. The van der Waals surface area contributed by atoms with E-state index in [0.717, 1.165) is 25.7 Å². The van der Waals surface area contributed by atoms with E-state index in [-0.39, 0.29) is 5.91 Å². The van der Waals surface area contributed by atoms with Gasteiger partial charge in [-0.1, -0.05) is 25.1 Å². The third kappa shape index (κ3) is 2.95. The summed E-state index contributed by atoms with van der Waals surface area (Å²) >= 11 is 8.27. The Balaban J connectivity index is 2.22. The number of carbonyl (C=O) groups is 1. The van der Waals surface area contributed by atoms with Gasteiger partial charge in [0.25, 0.3) is 5.91 Å². The lowest BCUT2D eigenvalue weighted by Gasteiger charge is -2.29. The highest BCUT2D eigenvalue weighted by atomic mass is 79.9. The number of nitrogens with two attached hydrogens (primary N) is 1. The van der Waals surface area contributed by atoms with Crippen LogP contribution in [0.4, 0.5) is 4.39 Å². The van der Waals surface area contributed by atoms with Crippen LogP contribution >= 0.6 is 28.1 Å². The molecule has 1 amide bonds. The first kappa shape index (κ1) is 14.4. The van der Waals surface area contributed by atoms with Gasteiger partial charge in [0, 0.05) is 4.47 Å². The summed E-state index contributed by atoms with van der Waals surface area (Å²) in [5.41, 5.74) is 5.55. The molecule has 19 heavy (non-hydrogen) atoms. The first-order chi connectivity index (χ1) is 8.94. The Hall–Kier alpha value is -1.01. The third-order valence-corrected chi connectivity index (χ3v) is 4.50. The molecule has 1 aromatic rings. The second-order valence-corrected chi connectivity index (χ2v) is 6.03. The minimum absolute atomic E-state index is 0.290. The molecule has 1 aliphatic carbocycles. The Bertz CT molecular complexity index is 529. The van der Waals surface area contributed by atoms with Crippen molar-refractivity contribution in [3.8, 4) is 0 Å². The lowest BCUT2D eigenvalue weighted by atomic mass is 9.97. The number of halogens is 2. The van der Waals surface area contributed by atoms with Gasteiger partial charge < -0.3 is 11.1 Å². The molecule has 3 nitrogen and oxygen atoms in total. The van der Waals surface area contributed by atoms with Crippen molar-refractivity contribution in [1.82, 2.24) is 5.32 Å². The fraction of sp³-hybridized carbons (Fsp3) is 0.385. The predicted octanol–water partition coefficient (Wildman–Crippen LogP) is 2.92. The SMILES string of the molecule is NC(=S)C1(NC(=O)c2ccc(F)cc2Br)CCCC1. The molecule has 1 saturated carbocycles. The maximum absolute atomic E-state index is 13.0. The van der Waals surface area contributed by atoms with Crippen LogP contribution in [-0.4, -0.2) is 16.4 Å². The Kier molecular flexibility index (Phi) is 4.20. The summed E-state index contributed by atoms with van der Waals surface area (Å²) in [6.07, 6.45) is 3.49. The lowest BCUT2D eigenvalue weighted by molar-refractivity contribution is 0.0923. The fourth-order valence-corrected chi connectivity index (χ4v) is 3.16. The van der Waals surface area contributed by atoms with Gasteiger partial charge in [-0.3, -0.25) is 4.79 Å². The van der Waals surface area contributed by atoms with Crippen LogP contribution in [0, 0.1) is 5.82 Å². The largest absolute Gasteiger partial charge is 0.391 e. The van der Waals surface area contributed by atoms with Gasteiger partial charge in [-0.15, -0.1) is 0 Å². The maximum atomic E-state index is 13.0. The lowest BCUT2D eigenvalue weighted by Crippen LogP contribution is -2.54. The fourth-order valence-electron chi connectivity index (χ4n) is 2.37. The molecule has 3 N–H and O–H groups in total. The zero-order valence-corrected chi connectivity index (χ0v) is 12.6. The van der Waals surface area contributed by atoms with Gasteiger partial charge in [-0.2, -0.15) is 0 Å². The molecule has 0 saturated heterocycles. The molecule has 1 aromatic carbocycles. The van der Waals surface area contributed by atoms with E-state index in [1.165, 1.54) is 18.2 Å². The number of thiocarbonyl (C=S) groups is 1. The van der Waals surface area contributed by atoms with Crippen molar-refractivity contribution in [3.63, 3.8) is 0 Å². The van der Waals surface area contributed by atoms with E-state index in [1.807, 2.05) is 0 Å². The highest BCUT2D eigenvalue weighted by Crippen LogP contribution is 2.31. The second-order valence-electron chi connectivity index (χ2n) is 4.73. The van der Waals surface area contributed by atoms with Crippen LogP contribution in [0.5, 0.6) is 0 Å². The van der Waals surface area contributed by atoms with Crippen LogP contribution in [0.1, 0.15) is 36.0 Å². The third-order valence-electron chi connectivity index (χ3n) is 3.46. The number of benzene rings is 1. The molecule has 0 bridgehead atoms. The van der Waals surface area contributed by atoms with Gasteiger partial charge in [0.15, 0.2) is 0 Å². The van der Waals surface area contributed by atoms with Crippen LogP contribution < -0.4 is 11.1 Å². The minimum Gasteiger partial charge on any atom is -0.391 e. The predicted molar refractivity (Wildman–Crippen MR) is 79.6 cm³/mol. The molecular formula is C13H14BrFN2OS. The van der Waals surface area contributed by atoms with Crippen molar-refractivity contribution >= 4 is 39.0 Å². The molecule has 1 aliphatic rings. The van der Waals surface area contributed by atoms with E-state index < -0.39 is 11.4 Å². The highest BCUT2D eigenvalue weighted by Gasteiger charge is 2.38. The van der Waals surface area contributed by atoms with Crippen molar-refractivity contribution < 1.29 is 9.18 Å². The maximum Gasteiger partial charge on any atom is 0.253 e. The number of amides is 1. The molecule has 1 fully saturated rings. The van der Waals surface area contributed by atoms with Gasteiger partial charge >= 0.3 is 0 Å². The molecular weight excluding hydrogens is 331 g/mol. The smallest absolute Gasteiger partial charge is 0.253 e. The molecule has 0 radical (unpaired) electrons. The first-order valence-electron chi connectivity index (χ1n) is 6.02. The Morgan fingerprint density at radius 2 is 2.05 bits per heavy atom. The summed E-state index contributed by atoms with van der Waals surface area (Å²) in [6, 6.07) is 3.95. The average Bonchev–Trinajstić information content (AvgIpc) is 2.78. The van der Waals surface area contributed by atoms with Gasteiger partial charge in [0.2, 0.25) is 0 Å². The van der Waals surface area contributed by atoms with E-state index in [1.54, 1.807) is 0 Å². The van der Waals surface area contributed by atoms with Crippen molar-refractivity contribution in [2.24, 2.45) is 5.73 Å².